The molecule has 1 aromatic rings. The normalized spacial score (nSPS) is 12.4. The largest absolute Gasteiger partial charge is 0.347 e. The van der Waals surface area contributed by atoms with Crippen molar-refractivity contribution >= 4 is 23.4 Å². The van der Waals surface area contributed by atoms with Crippen LogP contribution in [0.2, 0.25) is 0 Å². The van der Waals surface area contributed by atoms with E-state index in [-0.39, 0.29) is 29.8 Å². The van der Waals surface area contributed by atoms with E-state index in [0.29, 0.717) is 11.3 Å². The zero-order valence-electron chi connectivity index (χ0n) is 15.5. The van der Waals surface area contributed by atoms with Crippen molar-refractivity contribution < 1.29 is 14.4 Å². The molecule has 1 rings (SSSR count). The molecule has 0 unspecified atom stereocenters. The molecule has 0 fully saturated rings. The molecule has 7 heteroatoms. The van der Waals surface area contributed by atoms with Gasteiger partial charge >= 0.3 is 0 Å². The van der Waals surface area contributed by atoms with E-state index >= 15 is 0 Å². The maximum Gasteiger partial charge on any atom is 0.251 e. The molecule has 0 saturated heterocycles. The van der Waals surface area contributed by atoms with Crippen molar-refractivity contribution in [2.24, 2.45) is 11.7 Å². The first-order valence-corrected chi connectivity index (χ1v) is 8.25. The quantitative estimate of drug-likeness (QED) is 0.619. The van der Waals surface area contributed by atoms with Crippen LogP contribution in [-0.4, -0.2) is 35.8 Å². The Bertz CT molecular complexity index is 635. The lowest BCUT2D eigenvalue weighted by atomic mass is 10.1. The second-order valence-corrected chi connectivity index (χ2v) is 7.32. The molecule has 3 amide bonds. The zero-order chi connectivity index (χ0) is 19.2. The summed E-state index contributed by atoms with van der Waals surface area (Å²) >= 11 is 0. The van der Waals surface area contributed by atoms with Crippen molar-refractivity contribution in [1.29, 1.82) is 0 Å². The Labute approximate surface area is 148 Å². The van der Waals surface area contributed by atoms with Gasteiger partial charge in [0.15, 0.2) is 0 Å². The smallest absolute Gasteiger partial charge is 0.251 e. The van der Waals surface area contributed by atoms with Crippen molar-refractivity contribution in [2.45, 2.75) is 46.2 Å². The Kier molecular flexibility index (Phi) is 7.11. The van der Waals surface area contributed by atoms with Gasteiger partial charge in [0.2, 0.25) is 11.8 Å². The van der Waals surface area contributed by atoms with Gasteiger partial charge in [0.05, 0.1) is 12.6 Å². The minimum atomic E-state index is -0.655. The van der Waals surface area contributed by atoms with Crippen molar-refractivity contribution in [2.75, 3.05) is 11.9 Å². The molecule has 5 N–H and O–H groups in total. The third kappa shape index (κ3) is 7.34. The number of rotatable bonds is 6. The lowest BCUT2D eigenvalue weighted by Gasteiger charge is -2.20. The number of nitrogens with one attached hydrogen (secondary N) is 3. The van der Waals surface area contributed by atoms with Crippen LogP contribution in [0.1, 0.15) is 45.0 Å². The molecule has 1 aromatic carbocycles. The predicted octanol–water partition coefficient (Wildman–Crippen LogP) is 1.25. The second kappa shape index (κ2) is 8.62. The first kappa shape index (κ1) is 20.6. The topological polar surface area (TPSA) is 113 Å². The van der Waals surface area contributed by atoms with Crippen LogP contribution in [-0.2, 0) is 9.59 Å². The fourth-order valence-corrected chi connectivity index (χ4v) is 1.94. The van der Waals surface area contributed by atoms with Crippen LogP contribution in [0.25, 0.3) is 0 Å². The minimum absolute atomic E-state index is 0.0129. The number of anilines is 1. The van der Waals surface area contributed by atoms with Crippen molar-refractivity contribution in [3.63, 3.8) is 0 Å². The van der Waals surface area contributed by atoms with Gasteiger partial charge in [-0.1, -0.05) is 19.9 Å². The van der Waals surface area contributed by atoms with E-state index in [9.17, 15) is 14.4 Å². The van der Waals surface area contributed by atoms with E-state index in [0.717, 1.165) is 0 Å². The summed E-state index contributed by atoms with van der Waals surface area (Å²) in [4.78, 5) is 35.9. The third-order valence-corrected chi connectivity index (χ3v) is 3.34. The molecule has 0 saturated carbocycles. The van der Waals surface area contributed by atoms with Crippen LogP contribution in [0.4, 0.5) is 5.69 Å². The van der Waals surface area contributed by atoms with E-state index in [2.05, 4.69) is 16.0 Å². The summed E-state index contributed by atoms with van der Waals surface area (Å²) in [7, 11) is 0. The maximum absolute atomic E-state index is 12.2. The fraction of sp³-hybridized carbons (Fsp3) is 0.500. The molecule has 0 aliphatic rings. The van der Waals surface area contributed by atoms with Crippen LogP contribution in [0.3, 0.4) is 0 Å². The molecule has 0 spiro atoms. The van der Waals surface area contributed by atoms with Crippen LogP contribution >= 0.6 is 0 Å². The van der Waals surface area contributed by atoms with Crippen LogP contribution < -0.4 is 21.7 Å². The predicted molar refractivity (Wildman–Crippen MR) is 98.1 cm³/mol. The molecule has 0 aliphatic carbocycles. The summed E-state index contributed by atoms with van der Waals surface area (Å²) in [5.41, 5.74) is 6.29. The molecule has 138 valence electrons. The van der Waals surface area contributed by atoms with E-state index in [1.165, 1.54) is 0 Å². The summed E-state index contributed by atoms with van der Waals surface area (Å²) in [6, 6.07) is 5.95. The summed E-state index contributed by atoms with van der Waals surface area (Å²) < 4.78 is 0. The average Bonchev–Trinajstić information content (AvgIpc) is 2.50. The Morgan fingerprint density at radius 2 is 1.80 bits per heavy atom. The molecule has 7 nitrogen and oxygen atoms in total. The number of benzene rings is 1. The molecule has 1 atom stereocenters. The molecular formula is C18H28N4O3. The number of carbonyl (C=O) groups excluding carboxylic acids is 3. The Balaban J connectivity index is 2.62. The molecule has 25 heavy (non-hydrogen) atoms. The Hall–Kier alpha value is -2.41. The van der Waals surface area contributed by atoms with Crippen LogP contribution in [0.5, 0.6) is 0 Å². The number of hydrogen-bond donors (Lipinski definition) is 4. The second-order valence-electron chi connectivity index (χ2n) is 7.32. The van der Waals surface area contributed by atoms with Gasteiger partial charge in [-0.15, -0.1) is 0 Å². The molecule has 0 bridgehead atoms. The maximum atomic E-state index is 12.2. The van der Waals surface area contributed by atoms with Crippen molar-refractivity contribution in [1.82, 2.24) is 10.6 Å². The van der Waals surface area contributed by atoms with Crippen LogP contribution in [0.15, 0.2) is 24.3 Å². The number of hydrogen-bond acceptors (Lipinski definition) is 4. The van der Waals surface area contributed by atoms with Gasteiger partial charge in [0.1, 0.15) is 0 Å². The van der Waals surface area contributed by atoms with E-state index in [4.69, 9.17) is 5.73 Å². The first-order chi connectivity index (χ1) is 11.5. The van der Waals surface area contributed by atoms with Gasteiger partial charge in [-0.25, -0.2) is 0 Å². The summed E-state index contributed by atoms with van der Waals surface area (Å²) in [5.74, 6) is -0.998. The van der Waals surface area contributed by atoms with E-state index in [1.807, 2.05) is 34.6 Å². The Morgan fingerprint density at radius 1 is 1.16 bits per heavy atom. The zero-order valence-corrected chi connectivity index (χ0v) is 15.5. The summed E-state index contributed by atoms with van der Waals surface area (Å²) in [5, 5.41) is 8.00. The highest BCUT2D eigenvalue weighted by atomic mass is 16.2. The fourth-order valence-electron chi connectivity index (χ4n) is 1.94. The van der Waals surface area contributed by atoms with Crippen molar-refractivity contribution in [3.8, 4) is 0 Å². The lowest BCUT2D eigenvalue weighted by molar-refractivity contribution is -0.125. The van der Waals surface area contributed by atoms with Crippen LogP contribution in [0, 0.1) is 5.92 Å². The highest BCUT2D eigenvalue weighted by molar-refractivity contribution is 5.98. The van der Waals surface area contributed by atoms with Gasteiger partial charge in [-0.05, 0) is 44.9 Å². The highest BCUT2D eigenvalue weighted by Gasteiger charge is 2.18. The van der Waals surface area contributed by atoms with E-state index < -0.39 is 11.9 Å². The van der Waals surface area contributed by atoms with Gasteiger partial charge < -0.3 is 21.7 Å². The molecule has 0 aliphatic heterocycles. The number of carbonyl (C=O) groups is 3. The molecular weight excluding hydrogens is 320 g/mol. The molecule has 0 aromatic heterocycles. The first-order valence-electron chi connectivity index (χ1n) is 8.25. The van der Waals surface area contributed by atoms with Gasteiger partial charge in [0, 0.05) is 16.8 Å². The average molecular weight is 348 g/mol. The summed E-state index contributed by atoms with van der Waals surface area (Å²) in [6.07, 6.45) is 0. The molecule has 0 radical (unpaired) electrons. The highest BCUT2D eigenvalue weighted by Crippen LogP contribution is 2.12. The number of amides is 3. The minimum Gasteiger partial charge on any atom is -0.347 e. The molecule has 0 heterocycles. The Morgan fingerprint density at radius 3 is 2.36 bits per heavy atom. The SMILES string of the molecule is CC(C)[C@H](N)C(=O)NCC(=O)Nc1cccc(C(=O)NC(C)(C)C)c1. The monoisotopic (exact) mass is 348 g/mol. The van der Waals surface area contributed by atoms with Gasteiger partial charge in [-0.2, -0.15) is 0 Å². The standard InChI is InChI=1S/C18H28N4O3/c1-11(2)15(19)17(25)20-10-14(23)21-13-8-6-7-12(9-13)16(24)22-18(3,4)5/h6-9,11,15H,10,19H2,1-5H3,(H,20,25)(H,21,23)(H,22,24)/t15-/m0/s1. The van der Waals surface area contributed by atoms with Gasteiger partial charge in [0.25, 0.3) is 5.91 Å². The number of nitrogens with two attached hydrogens (primary N) is 1. The third-order valence-electron chi connectivity index (χ3n) is 3.34. The lowest BCUT2D eigenvalue weighted by Crippen LogP contribution is -2.46. The van der Waals surface area contributed by atoms with Gasteiger partial charge in [-0.3, -0.25) is 14.4 Å². The van der Waals surface area contributed by atoms with E-state index in [1.54, 1.807) is 24.3 Å². The van der Waals surface area contributed by atoms with Crippen molar-refractivity contribution in [3.05, 3.63) is 29.8 Å². The summed E-state index contributed by atoms with van der Waals surface area (Å²) in [6.45, 7) is 9.15.